The van der Waals surface area contributed by atoms with Crippen molar-refractivity contribution in [1.82, 2.24) is 19.6 Å². The number of nitrogens with two attached hydrogens (primary N) is 1. The van der Waals surface area contributed by atoms with Gasteiger partial charge in [-0.1, -0.05) is 0 Å². The molecule has 0 aliphatic rings. The summed E-state index contributed by atoms with van der Waals surface area (Å²) in [5.74, 6) is 0.775. The van der Waals surface area contributed by atoms with Crippen LogP contribution < -0.4 is 16.3 Å². The molecule has 0 atom stereocenters. The molecule has 0 amide bonds. The molecule has 0 unspecified atom stereocenters. The fraction of sp³-hybridized carbons (Fsp3) is 0.500. The average Bonchev–Trinajstić information content (AvgIpc) is 2.67. The second-order valence-electron chi connectivity index (χ2n) is 4.08. The van der Waals surface area contributed by atoms with Crippen LogP contribution >= 0.6 is 0 Å². The Kier molecular flexibility index (Phi) is 3.10. The predicted octanol–water partition coefficient (Wildman–Crippen LogP) is -0.409. The molecule has 2 rings (SSSR count). The molecular formula is C10H16N6O. The lowest BCUT2D eigenvalue weighted by molar-refractivity contribution is 0.673. The standard InChI is InChI=1S/C10H16N6O/c1-7(2)15(4-3-11)8-5-9-13-14-10(17)16(9)6-12-8/h5-7H,3-4,11H2,1-2H3,(H,14,17). The maximum atomic E-state index is 11.3. The summed E-state index contributed by atoms with van der Waals surface area (Å²) in [6, 6.07) is 2.06. The van der Waals surface area contributed by atoms with Gasteiger partial charge >= 0.3 is 5.69 Å². The third-order valence-electron chi connectivity index (χ3n) is 2.58. The number of hydrogen-bond acceptors (Lipinski definition) is 5. The van der Waals surface area contributed by atoms with E-state index in [1.54, 1.807) is 6.07 Å². The van der Waals surface area contributed by atoms with E-state index in [-0.39, 0.29) is 5.69 Å². The van der Waals surface area contributed by atoms with E-state index >= 15 is 0 Å². The number of nitrogens with zero attached hydrogens (tertiary/aromatic N) is 4. The summed E-state index contributed by atoms with van der Waals surface area (Å²) in [6.07, 6.45) is 1.47. The Balaban J connectivity index is 2.43. The summed E-state index contributed by atoms with van der Waals surface area (Å²) in [5, 5.41) is 6.29. The molecule has 3 N–H and O–H groups in total. The molecule has 92 valence electrons. The van der Waals surface area contributed by atoms with Gasteiger partial charge in [0.1, 0.15) is 12.1 Å². The summed E-state index contributed by atoms with van der Waals surface area (Å²) >= 11 is 0. The zero-order chi connectivity index (χ0) is 12.4. The molecule has 0 aromatic carbocycles. The Morgan fingerprint density at radius 2 is 2.35 bits per heavy atom. The largest absolute Gasteiger partial charge is 0.353 e. The van der Waals surface area contributed by atoms with Gasteiger partial charge in [0.25, 0.3) is 0 Å². The monoisotopic (exact) mass is 236 g/mol. The highest BCUT2D eigenvalue weighted by Crippen LogP contribution is 2.13. The summed E-state index contributed by atoms with van der Waals surface area (Å²) in [6.45, 7) is 5.41. The van der Waals surface area contributed by atoms with Crippen molar-refractivity contribution in [2.45, 2.75) is 19.9 Å². The lowest BCUT2D eigenvalue weighted by atomic mass is 10.3. The molecular weight excluding hydrogens is 220 g/mol. The maximum Gasteiger partial charge on any atom is 0.348 e. The van der Waals surface area contributed by atoms with Crippen molar-refractivity contribution in [2.24, 2.45) is 5.73 Å². The predicted molar refractivity (Wildman–Crippen MR) is 65.1 cm³/mol. The van der Waals surface area contributed by atoms with E-state index < -0.39 is 0 Å². The number of aromatic amines is 1. The van der Waals surface area contributed by atoms with Crippen LogP contribution in [0.1, 0.15) is 13.8 Å². The first-order chi connectivity index (χ1) is 8.13. The van der Waals surface area contributed by atoms with Crippen LogP contribution in [-0.2, 0) is 0 Å². The second kappa shape index (κ2) is 4.54. The Morgan fingerprint density at radius 3 is 3.00 bits per heavy atom. The first-order valence-electron chi connectivity index (χ1n) is 5.53. The Labute approximate surface area is 98.3 Å². The number of anilines is 1. The van der Waals surface area contributed by atoms with Gasteiger partial charge in [-0.15, -0.1) is 0 Å². The van der Waals surface area contributed by atoms with Gasteiger partial charge in [0, 0.05) is 25.2 Å². The van der Waals surface area contributed by atoms with Crippen LogP contribution in [0.2, 0.25) is 0 Å². The van der Waals surface area contributed by atoms with Gasteiger partial charge < -0.3 is 10.6 Å². The average molecular weight is 236 g/mol. The Hall–Kier alpha value is -1.89. The fourth-order valence-electron chi connectivity index (χ4n) is 1.73. The fourth-order valence-corrected chi connectivity index (χ4v) is 1.73. The number of aromatic nitrogens is 4. The molecule has 2 aromatic heterocycles. The zero-order valence-electron chi connectivity index (χ0n) is 9.92. The van der Waals surface area contributed by atoms with Crippen LogP contribution in [0.5, 0.6) is 0 Å². The summed E-state index contributed by atoms with van der Waals surface area (Å²) in [5.41, 5.74) is 5.85. The maximum absolute atomic E-state index is 11.3. The van der Waals surface area contributed by atoms with E-state index in [1.807, 2.05) is 0 Å². The molecule has 0 spiro atoms. The lowest BCUT2D eigenvalue weighted by Gasteiger charge is -2.27. The lowest BCUT2D eigenvalue weighted by Crippen LogP contribution is -2.36. The highest BCUT2D eigenvalue weighted by Gasteiger charge is 2.12. The van der Waals surface area contributed by atoms with Crippen molar-refractivity contribution in [1.29, 1.82) is 0 Å². The number of fused-ring (bicyclic) bond motifs is 1. The molecule has 0 saturated carbocycles. The van der Waals surface area contributed by atoms with Gasteiger partial charge in [-0.3, -0.25) is 0 Å². The quantitative estimate of drug-likeness (QED) is 0.753. The molecule has 7 heteroatoms. The van der Waals surface area contributed by atoms with Crippen molar-refractivity contribution in [3.8, 4) is 0 Å². The van der Waals surface area contributed by atoms with Crippen LogP contribution in [0.25, 0.3) is 5.65 Å². The van der Waals surface area contributed by atoms with E-state index in [2.05, 4.69) is 33.9 Å². The van der Waals surface area contributed by atoms with E-state index in [4.69, 9.17) is 5.73 Å². The van der Waals surface area contributed by atoms with Gasteiger partial charge in [0.2, 0.25) is 0 Å². The number of H-pyrrole nitrogens is 1. The van der Waals surface area contributed by atoms with E-state index in [9.17, 15) is 4.79 Å². The Morgan fingerprint density at radius 1 is 1.59 bits per heavy atom. The van der Waals surface area contributed by atoms with E-state index in [0.29, 0.717) is 18.2 Å². The third-order valence-corrected chi connectivity index (χ3v) is 2.58. The van der Waals surface area contributed by atoms with Gasteiger partial charge in [-0.05, 0) is 13.8 Å². The van der Waals surface area contributed by atoms with Crippen molar-refractivity contribution in [2.75, 3.05) is 18.0 Å². The van der Waals surface area contributed by atoms with E-state index in [1.165, 1.54) is 10.7 Å². The van der Waals surface area contributed by atoms with Crippen molar-refractivity contribution < 1.29 is 0 Å². The normalized spacial score (nSPS) is 11.3. The van der Waals surface area contributed by atoms with Crippen LogP contribution in [0.15, 0.2) is 17.2 Å². The minimum absolute atomic E-state index is 0.283. The van der Waals surface area contributed by atoms with Crippen LogP contribution in [0, 0.1) is 0 Å². The van der Waals surface area contributed by atoms with Gasteiger partial charge in [-0.25, -0.2) is 19.3 Å². The summed E-state index contributed by atoms with van der Waals surface area (Å²) in [7, 11) is 0. The Bertz CT molecular complexity index is 557. The molecule has 0 aliphatic heterocycles. The molecule has 0 aliphatic carbocycles. The third kappa shape index (κ3) is 2.14. The van der Waals surface area contributed by atoms with Crippen LogP contribution in [-0.4, -0.2) is 38.7 Å². The van der Waals surface area contributed by atoms with Gasteiger partial charge in [0.15, 0.2) is 5.65 Å². The minimum Gasteiger partial charge on any atom is -0.353 e. The molecule has 2 aromatic rings. The molecule has 17 heavy (non-hydrogen) atoms. The van der Waals surface area contributed by atoms with Crippen LogP contribution in [0.4, 0.5) is 5.82 Å². The highest BCUT2D eigenvalue weighted by atomic mass is 16.1. The minimum atomic E-state index is -0.283. The molecule has 2 heterocycles. The SMILES string of the molecule is CC(C)N(CCN)c1cc2n[nH]c(=O)n2cn1. The van der Waals surface area contributed by atoms with E-state index in [0.717, 1.165) is 12.4 Å². The zero-order valence-corrected chi connectivity index (χ0v) is 9.92. The number of rotatable bonds is 4. The van der Waals surface area contributed by atoms with Gasteiger partial charge in [-0.2, -0.15) is 5.10 Å². The summed E-state index contributed by atoms with van der Waals surface area (Å²) in [4.78, 5) is 17.6. The first-order valence-corrected chi connectivity index (χ1v) is 5.53. The molecule has 7 nitrogen and oxygen atoms in total. The number of nitrogens with one attached hydrogen (secondary N) is 1. The van der Waals surface area contributed by atoms with Crippen molar-refractivity contribution in [3.63, 3.8) is 0 Å². The van der Waals surface area contributed by atoms with Gasteiger partial charge in [0.05, 0.1) is 0 Å². The highest BCUT2D eigenvalue weighted by molar-refractivity contribution is 5.50. The summed E-state index contributed by atoms with van der Waals surface area (Å²) < 4.78 is 1.37. The smallest absolute Gasteiger partial charge is 0.348 e. The van der Waals surface area contributed by atoms with Crippen molar-refractivity contribution >= 4 is 11.5 Å². The molecule has 0 radical (unpaired) electrons. The molecule has 0 saturated heterocycles. The first kappa shape index (κ1) is 11.6. The second-order valence-corrected chi connectivity index (χ2v) is 4.08. The number of hydrogen-bond donors (Lipinski definition) is 2. The van der Waals surface area contributed by atoms with Crippen molar-refractivity contribution in [3.05, 3.63) is 22.9 Å². The molecule has 0 bridgehead atoms. The molecule has 0 fully saturated rings. The topological polar surface area (TPSA) is 92.3 Å². The van der Waals surface area contributed by atoms with Crippen LogP contribution in [0.3, 0.4) is 0 Å².